The van der Waals surface area contributed by atoms with Gasteiger partial charge in [-0.1, -0.05) is 24.3 Å². The molecule has 2 aliphatic rings. The maximum atomic E-state index is 5.69. The van der Waals surface area contributed by atoms with Gasteiger partial charge in [-0.2, -0.15) is 0 Å². The Labute approximate surface area is 199 Å². The lowest BCUT2D eigenvalue weighted by Crippen LogP contribution is -2.57. The highest BCUT2D eigenvalue weighted by Gasteiger charge is 2.36. The number of aryl methyl sites for hydroxylation is 1. The molecule has 0 atom stereocenters. The van der Waals surface area contributed by atoms with E-state index in [1.54, 1.807) is 0 Å². The number of benzene rings is 1. The molecule has 0 amide bonds. The van der Waals surface area contributed by atoms with E-state index in [9.17, 15) is 0 Å². The average Bonchev–Trinajstić information content (AvgIpc) is 2.75. The summed E-state index contributed by atoms with van der Waals surface area (Å²) < 4.78 is 11.2. The molecule has 2 saturated heterocycles. The number of aliphatic imine (C=N–C) groups is 1. The first-order chi connectivity index (χ1) is 14.0. The highest BCUT2D eigenvalue weighted by Crippen LogP contribution is 2.36. The van der Waals surface area contributed by atoms with Gasteiger partial charge in [-0.05, 0) is 44.7 Å². The van der Waals surface area contributed by atoms with E-state index in [1.807, 2.05) is 7.05 Å². The van der Waals surface area contributed by atoms with E-state index in [-0.39, 0.29) is 34.9 Å². The van der Waals surface area contributed by atoms with Gasteiger partial charge in [-0.25, -0.2) is 0 Å². The quantitative estimate of drug-likeness (QED) is 0.337. The van der Waals surface area contributed by atoms with Crippen molar-refractivity contribution in [3.63, 3.8) is 0 Å². The van der Waals surface area contributed by atoms with E-state index in [0.717, 1.165) is 71.4 Å². The van der Waals surface area contributed by atoms with Crippen molar-refractivity contribution >= 4 is 29.9 Å². The molecule has 0 aromatic heterocycles. The molecule has 30 heavy (non-hydrogen) atoms. The molecule has 0 spiro atoms. The summed E-state index contributed by atoms with van der Waals surface area (Å²) in [6.07, 6.45) is 2.06. The van der Waals surface area contributed by atoms with Crippen LogP contribution in [0.1, 0.15) is 37.8 Å². The van der Waals surface area contributed by atoms with E-state index in [4.69, 9.17) is 9.47 Å². The van der Waals surface area contributed by atoms with Crippen LogP contribution in [0.3, 0.4) is 0 Å². The maximum absolute atomic E-state index is 5.69. The van der Waals surface area contributed by atoms with Crippen molar-refractivity contribution in [1.82, 2.24) is 15.5 Å². The minimum atomic E-state index is 0. The standard InChI is InChI=1S/C23H38N4O2.HI/c1-19-7-5-6-8-20(19)23(9-13-28-14-10-23)18-26-21(24-4)25-17-22(2,3)27-11-15-29-16-12-27;/h5-8H,9-18H2,1-4H3,(H2,24,25,26);1H. The number of ether oxygens (including phenoxy) is 2. The molecule has 0 saturated carbocycles. The van der Waals surface area contributed by atoms with Gasteiger partial charge < -0.3 is 20.1 Å². The third-order valence-corrected chi connectivity index (χ3v) is 6.54. The lowest BCUT2D eigenvalue weighted by Gasteiger charge is -2.41. The zero-order chi connectivity index (χ0) is 20.7. The van der Waals surface area contributed by atoms with Crippen molar-refractivity contribution in [1.29, 1.82) is 0 Å². The normalized spacial score (nSPS) is 20.3. The van der Waals surface area contributed by atoms with Crippen LogP contribution < -0.4 is 10.6 Å². The van der Waals surface area contributed by atoms with Crippen molar-refractivity contribution < 1.29 is 9.47 Å². The monoisotopic (exact) mass is 530 g/mol. The molecule has 6 nitrogen and oxygen atoms in total. The Morgan fingerprint density at radius 3 is 2.33 bits per heavy atom. The number of guanidine groups is 1. The number of nitrogens with one attached hydrogen (secondary N) is 2. The van der Waals surface area contributed by atoms with Crippen molar-refractivity contribution in [2.45, 2.75) is 44.6 Å². The van der Waals surface area contributed by atoms with Gasteiger partial charge in [0.25, 0.3) is 0 Å². The zero-order valence-electron chi connectivity index (χ0n) is 19.0. The van der Waals surface area contributed by atoms with Crippen LogP contribution in [-0.2, 0) is 14.9 Å². The van der Waals surface area contributed by atoms with Crippen LogP contribution in [-0.4, -0.2) is 76.1 Å². The summed E-state index contributed by atoms with van der Waals surface area (Å²) in [4.78, 5) is 6.98. The lowest BCUT2D eigenvalue weighted by atomic mass is 9.72. The molecule has 1 aromatic carbocycles. The summed E-state index contributed by atoms with van der Waals surface area (Å²) in [7, 11) is 1.85. The number of hydrogen-bond acceptors (Lipinski definition) is 4. The second-order valence-corrected chi connectivity index (χ2v) is 8.90. The van der Waals surface area contributed by atoms with Crippen molar-refractivity contribution in [2.24, 2.45) is 4.99 Å². The molecule has 0 aliphatic carbocycles. The van der Waals surface area contributed by atoms with Gasteiger partial charge in [-0.3, -0.25) is 9.89 Å². The second kappa shape index (κ2) is 11.6. The molecule has 2 aliphatic heterocycles. The Kier molecular flexibility index (Phi) is 9.84. The fraction of sp³-hybridized carbons (Fsp3) is 0.696. The smallest absolute Gasteiger partial charge is 0.191 e. The van der Waals surface area contributed by atoms with Gasteiger partial charge in [0.2, 0.25) is 0 Å². The third-order valence-electron chi connectivity index (χ3n) is 6.54. The molecular formula is C23H39IN4O2. The topological polar surface area (TPSA) is 58.1 Å². The van der Waals surface area contributed by atoms with E-state index in [2.05, 4.69) is 65.6 Å². The minimum absolute atomic E-state index is 0. The molecule has 2 heterocycles. The van der Waals surface area contributed by atoms with Crippen molar-refractivity contribution in [3.8, 4) is 0 Å². The molecule has 2 N–H and O–H groups in total. The van der Waals surface area contributed by atoms with Crippen LogP contribution in [0, 0.1) is 6.92 Å². The largest absolute Gasteiger partial charge is 0.381 e. The summed E-state index contributed by atoms with van der Waals surface area (Å²) in [5.74, 6) is 0.866. The number of halogens is 1. The Balaban J connectivity index is 0.00000320. The summed E-state index contributed by atoms with van der Waals surface area (Å²) in [5.41, 5.74) is 2.92. The fourth-order valence-electron chi connectivity index (χ4n) is 4.53. The van der Waals surface area contributed by atoms with Gasteiger partial charge in [-0.15, -0.1) is 24.0 Å². The van der Waals surface area contributed by atoms with Crippen molar-refractivity contribution in [3.05, 3.63) is 35.4 Å². The molecule has 0 unspecified atom stereocenters. The zero-order valence-corrected chi connectivity index (χ0v) is 21.3. The first-order valence-electron chi connectivity index (χ1n) is 10.9. The number of rotatable bonds is 6. The van der Waals surface area contributed by atoms with Gasteiger partial charge in [0.15, 0.2) is 5.96 Å². The Morgan fingerprint density at radius 1 is 1.07 bits per heavy atom. The van der Waals surface area contributed by atoms with Crippen LogP contribution in [0.15, 0.2) is 29.3 Å². The van der Waals surface area contributed by atoms with Crippen LogP contribution in [0.5, 0.6) is 0 Å². The van der Waals surface area contributed by atoms with Gasteiger partial charge >= 0.3 is 0 Å². The summed E-state index contributed by atoms with van der Waals surface area (Å²) in [6, 6.07) is 8.76. The predicted octanol–water partition coefficient (Wildman–Crippen LogP) is 2.94. The first kappa shape index (κ1) is 25.4. The van der Waals surface area contributed by atoms with Gasteiger partial charge in [0, 0.05) is 57.4 Å². The van der Waals surface area contributed by atoms with E-state index >= 15 is 0 Å². The average molecular weight is 530 g/mol. The molecule has 1 aromatic rings. The Bertz CT molecular complexity index is 684. The van der Waals surface area contributed by atoms with Crippen LogP contribution in [0.25, 0.3) is 0 Å². The third kappa shape index (κ3) is 6.31. The van der Waals surface area contributed by atoms with Crippen molar-refractivity contribution in [2.75, 3.05) is 59.7 Å². The minimum Gasteiger partial charge on any atom is -0.381 e. The molecule has 7 heteroatoms. The Hall–Kier alpha value is -0.900. The second-order valence-electron chi connectivity index (χ2n) is 8.90. The summed E-state index contributed by atoms with van der Waals surface area (Å²) >= 11 is 0. The van der Waals surface area contributed by atoms with Crippen LogP contribution in [0.2, 0.25) is 0 Å². The molecule has 3 rings (SSSR count). The highest BCUT2D eigenvalue weighted by molar-refractivity contribution is 14.0. The van der Waals surface area contributed by atoms with Crippen LogP contribution in [0.4, 0.5) is 0 Å². The molecule has 170 valence electrons. The molecule has 2 fully saturated rings. The number of morpholine rings is 1. The van der Waals surface area contributed by atoms with E-state index in [1.165, 1.54) is 11.1 Å². The number of hydrogen-bond donors (Lipinski definition) is 2. The maximum Gasteiger partial charge on any atom is 0.191 e. The first-order valence-corrected chi connectivity index (χ1v) is 10.9. The Morgan fingerprint density at radius 2 is 1.70 bits per heavy atom. The number of nitrogens with zero attached hydrogens (tertiary/aromatic N) is 2. The van der Waals surface area contributed by atoms with E-state index in [0.29, 0.717) is 0 Å². The van der Waals surface area contributed by atoms with Crippen LogP contribution >= 0.6 is 24.0 Å². The van der Waals surface area contributed by atoms with Gasteiger partial charge in [0.05, 0.1) is 13.2 Å². The predicted molar refractivity (Wildman–Crippen MR) is 134 cm³/mol. The molecule has 0 radical (unpaired) electrons. The van der Waals surface area contributed by atoms with Gasteiger partial charge in [0.1, 0.15) is 0 Å². The summed E-state index contributed by atoms with van der Waals surface area (Å²) in [5, 5.41) is 7.18. The lowest BCUT2D eigenvalue weighted by molar-refractivity contribution is -0.00835. The summed E-state index contributed by atoms with van der Waals surface area (Å²) in [6.45, 7) is 13.7. The highest BCUT2D eigenvalue weighted by atomic mass is 127. The SMILES string of the molecule is CN=C(NCC1(c2ccccc2C)CCOCC1)NCC(C)(C)N1CCOCC1.I. The molecular weight excluding hydrogens is 491 g/mol. The van der Waals surface area contributed by atoms with E-state index < -0.39 is 0 Å². The fourth-order valence-corrected chi connectivity index (χ4v) is 4.53. The molecule has 0 bridgehead atoms.